The summed E-state index contributed by atoms with van der Waals surface area (Å²) >= 11 is 0. The van der Waals surface area contributed by atoms with Gasteiger partial charge in [-0.1, -0.05) is 69.8 Å². The van der Waals surface area contributed by atoms with E-state index in [9.17, 15) is 40.8 Å². The lowest BCUT2D eigenvalue weighted by Crippen LogP contribution is -2.55. The monoisotopic (exact) mass is 916 g/mol. The zero-order valence-corrected chi connectivity index (χ0v) is 37.2. The summed E-state index contributed by atoms with van der Waals surface area (Å²) in [6, 6.07) is 20.2. The van der Waals surface area contributed by atoms with Gasteiger partial charge in [-0.3, -0.25) is 14.4 Å². The average molecular weight is 917 g/mol. The van der Waals surface area contributed by atoms with Gasteiger partial charge in [-0.2, -0.15) is 23.1 Å². The van der Waals surface area contributed by atoms with Crippen LogP contribution in [0, 0.1) is 5.41 Å². The molecule has 4 amide bonds. The van der Waals surface area contributed by atoms with Gasteiger partial charge in [-0.05, 0) is 92.4 Å². The number of nitrogens with one attached hydrogen (secondary N) is 4. The molecule has 4 aromatic carbocycles. The highest BCUT2D eigenvalue weighted by Gasteiger charge is 2.37. The lowest BCUT2D eigenvalue weighted by Gasteiger charge is -2.32. The predicted octanol–water partition coefficient (Wildman–Crippen LogP) is 8.46. The minimum absolute atomic E-state index is 0.117. The number of aromatic nitrogens is 2. The van der Waals surface area contributed by atoms with Crippen molar-refractivity contribution in [2.24, 2.45) is 5.41 Å². The van der Waals surface area contributed by atoms with E-state index in [0.717, 1.165) is 12.1 Å². The molecule has 0 fully saturated rings. The van der Waals surface area contributed by atoms with E-state index < -0.39 is 73.6 Å². The van der Waals surface area contributed by atoms with Crippen LogP contribution in [0.5, 0.6) is 17.5 Å². The number of carbonyl (C=O) groups excluding carboxylic acids is 4. The summed E-state index contributed by atoms with van der Waals surface area (Å²) in [5.74, 6) is -1.66. The Morgan fingerprint density at radius 1 is 0.769 bits per heavy atom. The van der Waals surface area contributed by atoms with E-state index in [-0.39, 0.29) is 34.3 Å². The highest BCUT2D eigenvalue weighted by Crippen LogP contribution is 2.33. The van der Waals surface area contributed by atoms with E-state index in [1.54, 1.807) is 53.7 Å². The smallest absolute Gasteiger partial charge is 0.416 e. The Hall–Kier alpha value is -7.28. The number of benzene rings is 4. The predicted molar refractivity (Wildman–Crippen MR) is 235 cm³/mol. The molecule has 5 rings (SSSR count). The van der Waals surface area contributed by atoms with Crippen molar-refractivity contribution in [1.29, 1.82) is 0 Å². The van der Waals surface area contributed by atoms with Gasteiger partial charge in [0.05, 0.1) is 23.6 Å². The van der Waals surface area contributed by atoms with Gasteiger partial charge in [0, 0.05) is 22.4 Å². The fourth-order valence-corrected chi connectivity index (χ4v) is 6.97. The van der Waals surface area contributed by atoms with Crippen molar-refractivity contribution >= 4 is 45.6 Å². The molecule has 0 radical (unpaired) electrons. The summed E-state index contributed by atoms with van der Waals surface area (Å²) in [5.41, 5.74) is -1.56. The number of methoxy groups -OCH3 is 1. The summed E-state index contributed by atoms with van der Waals surface area (Å²) in [6.07, 6.45) is -4.09. The molecule has 2 atom stereocenters. The number of hydrogen-bond donors (Lipinski definition) is 4. The molecule has 0 aliphatic heterocycles. The summed E-state index contributed by atoms with van der Waals surface area (Å²) in [6.45, 7) is 14.0. The van der Waals surface area contributed by atoms with Gasteiger partial charge < -0.3 is 30.2 Å². The van der Waals surface area contributed by atoms with Gasteiger partial charge in [0.15, 0.2) is 5.82 Å². The average Bonchev–Trinajstić information content (AvgIpc) is 3.23. The SMILES string of the molecule is C=Cc1cc([C@@H](NC(=O)[C@@H](NC(=O)OC(C)(C)C)C(C)(C)C)C(=O)Nc2ccc(C(=O)NS(=O)(=O)c3ccc(C(F)(F)F)cc3)cc2)ccc1Oc1cc(OC)nc(-c2ccccc2)n1. The molecule has 0 saturated carbocycles. The molecule has 0 aliphatic carbocycles. The third kappa shape index (κ3) is 13.1. The molecule has 0 spiro atoms. The Balaban J connectivity index is 1.43. The van der Waals surface area contributed by atoms with Crippen molar-refractivity contribution in [3.8, 4) is 28.9 Å². The molecule has 19 heteroatoms. The zero-order chi connectivity index (χ0) is 47.9. The lowest BCUT2D eigenvalue weighted by molar-refractivity contribution is -0.137. The second-order valence-electron chi connectivity index (χ2n) is 16.5. The van der Waals surface area contributed by atoms with Crippen LogP contribution >= 0.6 is 0 Å². The molecule has 5 aromatic rings. The number of hydrogen-bond acceptors (Lipinski definition) is 11. The first kappa shape index (κ1) is 48.7. The first-order chi connectivity index (χ1) is 30.4. The molecular formula is C46H47F3N6O9S. The van der Waals surface area contributed by atoms with Crippen molar-refractivity contribution in [3.05, 3.63) is 132 Å². The number of sulfonamides is 1. The number of nitrogens with zero attached hydrogens (tertiary/aromatic N) is 2. The van der Waals surface area contributed by atoms with Gasteiger partial charge in [-0.15, -0.1) is 0 Å². The highest BCUT2D eigenvalue weighted by molar-refractivity contribution is 7.90. The molecule has 1 aromatic heterocycles. The molecule has 4 N–H and O–H groups in total. The minimum Gasteiger partial charge on any atom is -0.481 e. The van der Waals surface area contributed by atoms with E-state index in [1.165, 1.54) is 49.6 Å². The first-order valence-corrected chi connectivity index (χ1v) is 21.2. The van der Waals surface area contributed by atoms with Crippen LogP contribution in [-0.4, -0.2) is 61.0 Å². The number of alkyl carbamates (subject to hydrolysis) is 1. The quantitative estimate of drug-likeness (QED) is 0.0832. The van der Waals surface area contributed by atoms with Crippen molar-refractivity contribution in [1.82, 2.24) is 25.3 Å². The maximum atomic E-state index is 14.2. The van der Waals surface area contributed by atoms with Gasteiger partial charge in [0.25, 0.3) is 21.8 Å². The summed E-state index contributed by atoms with van der Waals surface area (Å²) in [7, 11) is -3.12. The molecule has 0 saturated heterocycles. The number of anilines is 1. The highest BCUT2D eigenvalue weighted by atomic mass is 32.2. The maximum Gasteiger partial charge on any atom is 0.416 e. The van der Waals surface area contributed by atoms with Crippen LogP contribution in [0.15, 0.2) is 115 Å². The van der Waals surface area contributed by atoms with E-state index >= 15 is 0 Å². The van der Waals surface area contributed by atoms with Crippen LogP contribution in [0.25, 0.3) is 17.5 Å². The van der Waals surface area contributed by atoms with E-state index in [4.69, 9.17) is 14.2 Å². The third-order valence-corrected chi connectivity index (χ3v) is 10.5. The number of halogens is 3. The largest absolute Gasteiger partial charge is 0.481 e. The van der Waals surface area contributed by atoms with Gasteiger partial charge in [-0.25, -0.2) is 17.9 Å². The van der Waals surface area contributed by atoms with Crippen molar-refractivity contribution in [3.63, 3.8) is 0 Å². The van der Waals surface area contributed by atoms with Gasteiger partial charge in [0.2, 0.25) is 17.7 Å². The summed E-state index contributed by atoms with van der Waals surface area (Å²) < 4.78 is 83.4. The molecule has 0 aliphatic rings. The summed E-state index contributed by atoms with van der Waals surface area (Å²) in [4.78, 5) is 62.6. The first-order valence-electron chi connectivity index (χ1n) is 19.7. The third-order valence-electron chi connectivity index (χ3n) is 9.19. The standard InChI is InChI=1S/C46H47F3N6O9S/c1-9-27-25-30(17-24-34(27)63-36-26-35(62-8)51-39(52-36)28-13-11-10-12-14-28)37(53-42(58)38(44(2,3)4)54-43(59)64-45(5,6)7)41(57)50-32-20-15-29(16-21-32)40(56)55-65(60,61)33-22-18-31(19-23-33)46(47,48)49/h9-26,37-38H,1H2,2-8H3,(H,50,57)(H,53,58)(H,54,59)(H,55,56)/t37-,38-/m1/s1. The molecule has 1 heterocycles. The topological polar surface area (TPSA) is 204 Å². The fraction of sp³-hybridized carbons (Fsp3) is 0.261. The number of carbonyl (C=O) groups is 4. The fourth-order valence-electron chi connectivity index (χ4n) is 6.00. The van der Waals surface area contributed by atoms with Crippen LogP contribution < -0.4 is 30.1 Å². The van der Waals surface area contributed by atoms with Crippen LogP contribution in [0.3, 0.4) is 0 Å². The Kier molecular flexibility index (Phi) is 14.7. The van der Waals surface area contributed by atoms with Crippen molar-refractivity contribution in [2.45, 2.75) is 70.3 Å². The molecule has 0 unspecified atom stereocenters. The van der Waals surface area contributed by atoms with Gasteiger partial charge >= 0.3 is 12.3 Å². The van der Waals surface area contributed by atoms with Crippen LogP contribution in [0.2, 0.25) is 0 Å². The van der Waals surface area contributed by atoms with Gasteiger partial charge in [0.1, 0.15) is 23.4 Å². The second-order valence-corrected chi connectivity index (χ2v) is 18.1. The number of rotatable bonds is 14. The van der Waals surface area contributed by atoms with E-state index in [2.05, 4.69) is 32.5 Å². The zero-order valence-electron chi connectivity index (χ0n) is 36.4. The molecule has 342 valence electrons. The Bertz CT molecular complexity index is 2670. The number of ether oxygens (including phenoxy) is 3. The van der Waals surface area contributed by atoms with Crippen molar-refractivity contribution < 1.29 is 55.0 Å². The molecule has 0 bridgehead atoms. The van der Waals surface area contributed by atoms with Crippen LogP contribution in [0.4, 0.5) is 23.7 Å². The maximum absolute atomic E-state index is 14.2. The van der Waals surface area contributed by atoms with E-state index in [1.807, 2.05) is 35.1 Å². The second kappa shape index (κ2) is 19.6. The minimum atomic E-state index is -4.70. The summed E-state index contributed by atoms with van der Waals surface area (Å²) in [5, 5.41) is 8.04. The number of alkyl halides is 3. The molecular weight excluding hydrogens is 870 g/mol. The van der Waals surface area contributed by atoms with Crippen LogP contribution in [0.1, 0.15) is 74.6 Å². The number of amides is 4. The Labute approximate surface area is 373 Å². The molecule has 15 nitrogen and oxygen atoms in total. The molecule has 65 heavy (non-hydrogen) atoms. The van der Waals surface area contributed by atoms with Crippen LogP contribution in [-0.2, 0) is 30.5 Å². The van der Waals surface area contributed by atoms with Crippen molar-refractivity contribution in [2.75, 3.05) is 12.4 Å². The Morgan fingerprint density at radius 3 is 1.97 bits per heavy atom. The Morgan fingerprint density at radius 2 is 1.40 bits per heavy atom. The van der Waals surface area contributed by atoms with E-state index in [0.29, 0.717) is 29.1 Å². The lowest BCUT2D eigenvalue weighted by atomic mass is 9.86. The normalized spacial score (nSPS) is 12.8.